The number of carbonyl (C=O) groups excluding carboxylic acids is 2. The maximum Gasteiger partial charge on any atom is 0.244 e. The highest BCUT2D eigenvalue weighted by molar-refractivity contribution is 7.92. The molecular weight excluding hydrogens is 605 g/mol. The van der Waals surface area contributed by atoms with Crippen molar-refractivity contribution in [3.63, 3.8) is 0 Å². The Morgan fingerprint density at radius 1 is 0.902 bits per heavy atom. The number of hydrogen-bond acceptors (Lipinski definition) is 4. The summed E-state index contributed by atoms with van der Waals surface area (Å²) in [5.41, 5.74) is 1.55. The van der Waals surface area contributed by atoms with Crippen LogP contribution >= 0.6 is 34.8 Å². The Kier molecular flexibility index (Phi) is 10.6. The van der Waals surface area contributed by atoms with Gasteiger partial charge in [-0.05, 0) is 42.2 Å². The molecular formula is C30H32Cl3N3O4S. The van der Waals surface area contributed by atoms with Gasteiger partial charge < -0.3 is 10.2 Å². The van der Waals surface area contributed by atoms with Crippen molar-refractivity contribution in [1.29, 1.82) is 0 Å². The molecule has 0 unspecified atom stereocenters. The van der Waals surface area contributed by atoms with Crippen LogP contribution in [0.1, 0.15) is 36.8 Å². The van der Waals surface area contributed by atoms with Crippen molar-refractivity contribution in [2.75, 3.05) is 17.1 Å². The van der Waals surface area contributed by atoms with Gasteiger partial charge in [-0.25, -0.2) is 8.42 Å². The molecule has 1 saturated carbocycles. The van der Waals surface area contributed by atoms with Gasteiger partial charge in [-0.1, -0.05) is 102 Å². The maximum atomic E-state index is 14.2. The Labute approximate surface area is 256 Å². The fourth-order valence-electron chi connectivity index (χ4n) is 5.01. The second-order valence-electron chi connectivity index (χ2n) is 10.2. The molecule has 1 aliphatic rings. The summed E-state index contributed by atoms with van der Waals surface area (Å²) in [6.07, 6.45) is 5.02. The van der Waals surface area contributed by atoms with Crippen LogP contribution in [-0.4, -0.2) is 50.0 Å². The van der Waals surface area contributed by atoms with Gasteiger partial charge in [-0.15, -0.1) is 0 Å². The molecule has 1 atom stereocenters. The van der Waals surface area contributed by atoms with E-state index in [0.29, 0.717) is 10.6 Å². The summed E-state index contributed by atoms with van der Waals surface area (Å²) in [5, 5.41) is 3.71. The monoisotopic (exact) mass is 635 g/mol. The molecule has 1 fully saturated rings. The number of hydrogen-bond donors (Lipinski definition) is 1. The molecule has 0 aliphatic heterocycles. The molecule has 1 N–H and O–H groups in total. The molecule has 0 bridgehead atoms. The zero-order valence-corrected chi connectivity index (χ0v) is 25.7. The van der Waals surface area contributed by atoms with Crippen LogP contribution in [0, 0.1) is 0 Å². The van der Waals surface area contributed by atoms with E-state index in [9.17, 15) is 18.0 Å². The topological polar surface area (TPSA) is 86.8 Å². The highest BCUT2D eigenvalue weighted by atomic mass is 35.5. The first-order valence-electron chi connectivity index (χ1n) is 13.3. The summed E-state index contributed by atoms with van der Waals surface area (Å²) in [7, 11) is -3.97. The van der Waals surface area contributed by atoms with Crippen LogP contribution in [0.25, 0.3) is 0 Å². The summed E-state index contributed by atoms with van der Waals surface area (Å²) in [4.78, 5) is 29.5. The fraction of sp³-hybridized carbons (Fsp3) is 0.333. The second-order valence-corrected chi connectivity index (χ2v) is 13.3. The van der Waals surface area contributed by atoms with Crippen molar-refractivity contribution in [2.45, 2.75) is 50.7 Å². The SMILES string of the molecule is CS(=O)(=O)N(CC(=O)N(Cc1ccccc1Cl)[C@@H](Cc1ccccc1)C(=O)NC1CCCC1)c1cccc(Cl)c1Cl. The van der Waals surface area contributed by atoms with E-state index in [1.54, 1.807) is 30.3 Å². The summed E-state index contributed by atoms with van der Waals surface area (Å²) >= 11 is 19.0. The standard InChI is InChI=1S/C30H32Cl3N3O4S/c1-41(39,40)36(26-17-9-16-25(32)29(26)33)20-28(37)35(19-22-12-5-8-15-24(22)31)27(18-21-10-3-2-4-11-21)30(38)34-23-13-6-7-14-23/h2-5,8-12,15-17,23,27H,6-7,13-14,18-20H2,1H3,(H,34,38)/t27-/m0/s1. The minimum absolute atomic E-state index is 0.00450. The lowest BCUT2D eigenvalue weighted by Gasteiger charge is -2.34. The molecule has 41 heavy (non-hydrogen) atoms. The first kappa shape index (κ1) is 31.2. The van der Waals surface area contributed by atoms with E-state index in [4.69, 9.17) is 34.8 Å². The lowest BCUT2D eigenvalue weighted by Crippen LogP contribution is -2.54. The van der Waals surface area contributed by atoms with Crippen molar-refractivity contribution >= 4 is 62.3 Å². The summed E-state index contributed by atoms with van der Waals surface area (Å²) in [6, 6.07) is 20.1. The van der Waals surface area contributed by atoms with Crippen molar-refractivity contribution in [3.8, 4) is 0 Å². The lowest BCUT2D eigenvalue weighted by atomic mass is 10.0. The molecule has 2 amide bonds. The van der Waals surface area contributed by atoms with Gasteiger partial charge in [0.25, 0.3) is 0 Å². The van der Waals surface area contributed by atoms with E-state index >= 15 is 0 Å². The molecule has 0 heterocycles. The van der Waals surface area contributed by atoms with Gasteiger partial charge in [-0.2, -0.15) is 0 Å². The van der Waals surface area contributed by atoms with Crippen molar-refractivity contribution < 1.29 is 18.0 Å². The maximum absolute atomic E-state index is 14.2. The van der Waals surface area contributed by atoms with Crippen LogP contribution in [0.15, 0.2) is 72.8 Å². The lowest BCUT2D eigenvalue weighted by molar-refractivity contribution is -0.140. The summed E-state index contributed by atoms with van der Waals surface area (Å²) in [6.45, 7) is -0.597. The molecule has 11 heteroatoms. The third-order valence-corrected chi connectivity index (χ3v) is 9.45. The molecule has 0 saturated heterocycles. The Morgan fingerprint density at radius 3 is 2.20 bits per heavy atom. The smallest absolute Gasteiger partial charge is 0.244 e. The normalized spacial score (nSPS) is 14.4. The van der Waals surface area contributed by atoms with Crippen LogP contribution in [0.5, 0.6) is 0 Å². The molecule has 218 valence electrons. The number of anilines is 1. The van der Waals surface area contributed by atoms with Crippen molar-refractivity contribution in [3.05, 3.63) is 99.0 Å². The second kappa shape index (κ2) is 13.9. The first-order chi connectivity index (χ1) is 19.5. The van der Waals surface area contributed by atoms with Crippen LogP contribution in [0.4, 0.5) is 5.69 Å². The van der Waals surface area contributed by atoms with Crippen LogP contribution in [-0.2, 0) is 32.6 Å². The van der Waals surface area contributed by atoms with Crippen molar-refractivity contribution in [1.82, 2.24) is 10.2 Å². The average Bonchev–Trinajstić information content (AvgIpc) is 3.45. The van der Waals surface area contributed by atoms with Crippen LogP contribution in [0.2, 0.25) is 15.1 Å². The summed E-state index contributed by atoms with van der Waals surface area (Å²) < 4.78 is 26.8. The van der Waals surface area contributed by atoms with Gasteiger partial charge in [0.1, 0.15) is 12.6 Å². The van der Waals surface area contributed by atoms with E-state index < -0.39 is 28.5 Å². The Bertz CT molecular complexity index is 1480. The number of rotatable bonds is 11. The number of amides is 2. The fourth-order valence-corrected chi connectivity index (χ4v) is 6.51. The number of carbonyl (C=O) groups is 2. The first-order valence-corrected chi connectivity index (χ1v) is 16.3. The van der Waals surface area contributed by atoms with E-state index in [0.717, 1.165) is 41.8 Å². The van der Waals surface area contributed by atoms with E-state index in [-0.39, 0.29) is 40.6 Å². The minimum Gasteiger partial charge on any atom is -0.352 e. The predicted octanol–water partition coefficient (Wildman–Crippen LogP) is 6.11. The van der Waals surface area contributed by atoms with Crippen molar-refractivity contribution in [2.24, 2.45) is 0 Å². The van der Waals surface area contributed by atoms with Crippen LogP contribution < -0.4 is 9.62 Å². The zero-order chi connectivity index (χ0) is 29.6. The van der Waals surface area contributed by atoms with Gasteiger partial charge in [0.15, 0.2) is 0 Å². The molecule has 3 aromatic carbocycles. The Morgan fingerprint density at radius 2 is 1.54 bits per heavy atom. The summed E-state index contributed by atoms with van der Waals surface area (Å²) in [5.74, 6) is -0.887. The number of nitrogens with one attached hydrogen (secondary N) is 1. The molecule has 7 nitrogen and oxygen atoms in total. The average molecular weight is 637 g/mol. The Balaban J connectivity index is 1.75. The van der Waals surface area contributed by atoms with Gasteiger partial charge in [0.2, 0.25) is 21.8 Å². The predicted molar refractivity (Wildman–Crippen MR) is 165 cm³/mol. The number of sulfonamides is 1. The van der Waals surface area contributed by atoms with E-state index in [1.165, 1.54) is 17.0 Å². The van der Waals surface area contributed by atoms with E-state index in [1.807, 2.05) is 30.3 Å². The molecule has 1 aliphatic carbocycles. The minimum atomic E-state index is -3.97. The zero-order valence-electron chi connectivity index (χ0n) is 22.6. The molecule has 0 radical (unpaired) electrons. The van der Waals surface area contributed by atoms with Gasteiger partial charge >= 0.3 is 0 Å². The molecule has 4 rings (SSSR count). The Hall–Kier alpha value is -2.78. The van der Waals surface area contributed by atoms with Crippen LogP contribution in [0.3, 0.4) is 0 Å². The third kappa shape index (κ3) is 8.16. The quantitative estimate of drug-likeness (QED) is 0.275. The molecule has 0 aromatic heterocycles. The molecule has 3 aromatic rings. The van der Waals surface area contributed by atoms with E-state index in [2.05, 4.69) is 5.32 Å². The largest absolute Gasteiger partial charge is 0.352 e. The highest BCUT2D eigenvalue weighted by Gasteiger charge is 2.35. The third-order valence-electron chi connectivity index (χ3n) is 7.15. The van der Waals surface area contributed by atoms with Gasteiger partial charge in [0, 0.05) is 24.0 Å². The number of nitrogens with zero attached hydrogens (tertiary/aromatic N) is 2. The number of benzene rings is 3. The molecule has 0 spiro atoms. The van der Waals surface area contributed by atoms with Gasteiger partial charge in [0.05, 0.1) is 22.0 Å². The van der Waals surface area contributed by atoms with Gasteiger partial charge in [-0.3, -0.25) is 13.9 Å². The number of halogens is 3. The highest BCUT2D eigenvalue weighted by Crippen LogP contribution is 2.34.